The Balaban J connectivity index is 0. The van der Waals surface area contributed by atoms with Gasteiger partial charge < -0.3 is 5.11 Å². The Morgan fingerprint density at radius 2 is 2.00 bits per heavy atom. The summed E-state index contributed by atoms with van der Waals surface area (Å²) in [6.45, 7) is 7.00. The number of allylic oxidation sites excluding steroid dienone is 2. The lowest BCUT2D eigenvalue weighted by molar-refractivity contribution is 0.303. The van der Waals surface area contributed by atoms with Gasteiger partial charge in [-0.25, -0.2) is 0 Å². The molecule has 2 heteroatoms. The number of hydrogen-bond acceptors (Lipinski definition) is 1. The second-order valence-electron chi connectivity index (χ2n) is 1.36. The van der Waals surface area contributed by atoms with E-state index in [-0.39, 0.29) is 6.61 Å². The summed E-state index contributed by atoms with van der Waals surface area (Å²) in [6.07, 6.45) is 5.66. The molecule has 0 aliphatic heterocycles. The first-order chi connectivity index (χ1) is 4.83. The molecule has 0 aromatic heterocycles. The van der Waals surface area contributed by atoms with Gasteiger partial charge in [0.1, 0.15) is 0 Å². The van der Waals surface area contributed by atoms with Crippen molar-refractivity contribution < 1.29 is 5.11 Å². The molecule has 0 spiro atoms. The Bertz CT molecular complexity index is 97.4. The highest BCUT2D eigenvalue weighted by atomic mass is 35.5. The Morgan fingerprint density at radius 1 is 1.40 bits per heavy atom. The summed E-state index contributed by atoms with van der Waals surface area (Å²) in [5.41, 5.74) is 1.41. The Morgan fingerprint density at radius 3 is 2.00 bits per heavy atom. The summed E-state index contributed by atoms with van der Waals surface area (Å²) in [7, 11) is 0. The van der Waals surface area contributed by atoms with E-state index < -0.39 is 0 Å². The van der Waals surface area contributed by atoms with Crippen LogP contribution in [0.3, 0.4) is 0 Å². The van der Waals surface area contributed by atoms with Gasteiger partial charge in [0, 0.05) is 12.1 Å². The van der Waals surface area contributed by atoms with E-state index in [1.807, 2.05) is 0 Å². The Kier molecular flexibility index (Phi) is 19.2. The Labute approximate surface area is 67.3 Å². The van der Waals surface area contributed by atoms with Gasteiger partial charge >= 0.3 is 0 Å². The van der Waals surface area contributed by atoms with Crippen LogP contribution in [-0.2, 0) is 0 Å². The van der Waals surface area contributed by atoms with Gasteiger partial charge in [-0.1, -0.05) is 36.4 Å². The first kappa shape index (κ1) is 12.2. The standard InChI is InChI=1S/C4H5Cl.C4H8O/c2*1-2-3-4-5/h2-4H,1H2;2,5H,1,3-4H2. The quantitative estimate of drug-likeness (QED) is 0.497. The number of aliphatic hydroxyl groups excluding tert-OH is 1. The molecule has 0 aliphatic rings. The number of hydrogen-bond donors (Lipinski definition) is 1. The van der Waals surface area contributed by atoms with Crippen LogP contribution in [0.25, 0.3) is 0 Å². The predicted molar refractivity (Wildman–Crippen MR) is 47.1 cm³/mol. The Hall–Kier alpha value is -0.530. The van der Waals surface area contributed by atoms with Crippen LogP contribution in [0.15, 0.2) is 36.9 Å². The van der Waals surface area contributed by atoms with Gasteiger partial charge in [-0.15, -0.1) is 6.58 Å². The molecule has 0 amide bonds. The van der Waals surface area contributed by atoms with E-state index in [9.17, 15) is 0 Å². The van der Waals surface area contributed by atoms with E-state index in [1.54, 1.807) is 18.2 Å². The number of halogens is 1. The third-order valence-electron chi connectivity index (χ3n) is 0.542. The van der Waals surface area contributed by atoms with Crippen LogP contribution in [0.1, 0.15) is 6.42 Å². The van der Waals surface area contributed by atoms with E-state index in [1.165, 1.54) is 5.54 Å². The van der Waals surface area contributed by atoms with E-state index >= 15 is 0 Å². The first-order valence-electron chi connectivity index (χ1n) is 2.93. The zero-order valence-corrected chi connectivity index (χ0v) is 6.72. The maximum Gasteiger partial charge on any atom is 0.0465 e. The van der Waals surface area contributed by atoms with Gasteiger partial charge in [0.05, 0.1) is 0 Å². The molecule has 0 fully saturated rings. The lowest BCUT2D eigenvalue weighted by atomic mass is 10.5. The maximum atomic E-state index is 8.00. The number of aliphatic hydroxyl groups is 1. The molecule has 0 bridgehead atoms. The summed E-state index contributed by atoms with van der Waals surface area (Å²) < 4.78 is 0. The monoisotopic (exact) mass is 160 g/mol. The van der Waals surface area contributed by atoms with E-state index in [2.05, 4.69) is 13.2 Å². The van der Waals surface area contributed by atoms with Crippen LogP contribution in [-0.4, -0.2) is 11.7 Å². The summed E-state index contributed by atoms with van der Waals surface area (Å²) >= 11 is 5.05. The average Bonchev–Trinajstić information content (AvgIpc) is 1.93. The second-order valence-corrected chi connectivity index (χ2v) is 1.61. The van der Waals surface area contributed by atoms with Gasteiger partial charge in [0.25, 0.3) is 0 Å². The fourth-order valence-corrected chi connectivity index (χ4v) is 0.246. The molecule has 0 aromatic carbocycles. The van der Waals surface area contributed by atoms with Crippen LogP contribution in [0.4, 0.5) is 0 Å². The summed E-state index contributed by atoms with van der Waals surface area (Å²) in [4.78, 5) is 0. The SMILES string of the molecule is C=CC=CCl.C=CCCO. The highest BCUT2D eigenvalue weighted by Gasteiger charge is 1.62. The molecular weight excluding hydrogens is 148 g/mol. The molecule has 1 N–H and O–H groups in total. The van der Waals surface area contributed by atoms with Gasteiger partial charge in [-0.05, 0) is 6.42 Å². The third-order valence-corrected chi connectivity index (χ3v) is 0.688. The molecule has 0 heterocycles. The highest BCUT2D eigenvalue weighted by Crippen LogP contribution is 1.74. The molecule has 0 saturated heterocycles. The predicted octanol–water partition coefficient (Wildman–Crippen LogP) is 2.48. The van der Waals surface area contributed by atoms with Crippen molar-refractivity contribution in [3.8, 4) is 0 Å². The van der Waals surface area contributed by atoms with Crippen molar-refractivity contribution in [3.05, 3.63) is 36.9 Å². The minimum absolute atomic E-state index is 0.226. The van der Waals surface area contributed by atoms with Crippen LogP contribution in [0.2, 0.25) is 0 Å². The summed E-state index contributed by atoms with van der Waals surface area (Å²) in [5, 5.41) is 8.00. The van der Waals surface area contributed by atoms with Crippen molar-refractivity contribution in [1.29, 1.82) is 0 Å². The van der Waals surface area contributed by atoms with Gasteiger partial charge in [0.2, 0.25) is 0 Å². The van der Waals surface area contributed by atoms with Gasteiger partial charge in [-0.3, -0.25) is 0 Å². The molecule has 0 saturated carbocycles. The second kappa shape index (κ2) is 15.8. The lowest BCUT2D eigenvalue weighted by Gasteiger charge is -1.73. The average molecular weight is 161 g/mol. The smallest absolute Gasteiger partial charge is 0.0465 e. The molecule has 58 valence electrons. The van der Waals surface area contributed by atoms with Gasteiger partial charge in [0.15, 0.2) is 0 Å². The molecule has 1 nitrogen and oxygen atoms in total. The maximum absolute atomic E-state index is 8.00. The van der Waals surface area contributed by atoms with Crippen molar-refractivity contribution in [3.63, 3.8) is 0 Å². The fraction of sp³-hybridized carbons (Fsp3) is 0.250. The molecule has 0 atom stereocenters. The van der Waals surface area contributed by atoms with E-state index in [0.717, 1.165) is 0 Å². The zero-order chi connectivity index (χ0) is 8.24. The zero-order valence-electron chi connectivity index (χ0n) is 5.96. The van der Waals surface area contributed by atoms with Crippen molar-refractivity contribution in [2.75, 3.05) is 6.61 Å². The molecule has 0 rings (SSSR count). The lowest BCUT2D eigenvalue weighted by Crippen LogP contribution is -1.71. The van der Waals surface area contributed by atoms with Crippen LogP contribution < -0.4 is 0 Å². The van der Waals surface area contributed by atoms with Crippen LogP contribution in [0, 0.1) is 0 Å². The first-order valence-corrected chi connectivity index (χ1v) is 3.36. The number of rotatable bonds is 3. The van der Waals surface area contributed by atoms with Crippen molar-refractivity contribution in [1.82, 2.24) is 0 Å². The van der Waals surface area contributed by atoms with E-state index in [4.69, 9.17) is 16.7 Å². The summed E-state index contributed by atoms with van der Waals surface area (Å²) in [5.74, 6) is 0. The summed E-state index contributed by atoms with van der Waals surface area (Å²) in [6, 6.07) is 0. The topological polar surface area (TPSA) is 20.2 Å². The molecule has 0 radical (unpaired) electrons. The minimum atomic E-state index is 0.226. The van der Waals surface area contributed by atoms with Crippen LogP contribution in [0.5, 0.6) is 0 Å². The fourth-order valence-electron chi connectivity index (χ4n) is 0.143. The van der Waals surface area contributed by atoms with Gasteiger partial charge in [-0.2, -0.15) is 0 Å². The molecular formula is C8H13ClO. The molecule has 0 unspecified atom stereocenters. The molecule has 0 aromatic rings. The van der Waals surface area contributed by atoms with E-state index in [0.29, 0.717) is 6.42 Å². The van der Waals surface area contributed by atoms with Crippen molar-refractivity contribution in [2.24, 2.45) is 0 Å². The van der Waals surface area contributed by atoms with Crippen LogP contribution >= 0.6 is 11.6 Å². The third kappa shape index (κ3) is 26.0. The van der Waals surface area contributed by atoms with Crippen molar-refractivity contribution >= 4 is 11.6 Å². The molecule has 0 aliphatic carbocycles. The molecule has 10 heavy (non-hydrogen) atoms. The largest absolute Gasteiger partial charge is 0.396 e. The normalized spacial score (nSPS) is 8.20. The van der Waals surface area contributed by atoms with Crippen molar-refractivity contribution in [2.45, 2.75) is 6.42 Å². The highest BCUT2D eigenvalue weighted by molar-refractivity contribution is 6.25. The minimum Gasteiger partial charge on any atom is -0.396 e.